The third-order valence-corrected chi connectivity index (χ3v) is 3.96. The fourth-order valence-electron chi connectivity index (χ4n) is 2.11. The minimum absolute atomic E-state index is 0.0804. The number of piperidine rings is 1. The van der Waals surface area contributed by atoms with Crippen molar-refractivity contribution in [3.63, 3.8) is 0 Å². The van der Waals surface area contributed by atoms with Gasteiger partial charge in [-0.3, -0.25) is 9.59 Å². The van der Waals surface area contributed by atoms with Crippen LogP contribution in [0.25, 0.3) is 0 Å². The highest BCUT2D eigenvalue weighted by atomic mass is 32.1. The normalized spacial score (nSPS) is 19.9. The van der Waals surface area contributed by atoms with Crippen molar-refractivity contribution in [3.8, 4) is 0 Å². The van der Waals surface area contributed by atoms with Gasteiger partial charge >= 0.3 is 12.1 Å². The summed E-state index contributed by atoms with van der Waals surface area (Å²) in [6.45, 7) is 0.167. The number of nitrogens with zero attached hydrogens (tertiary/aromatic N) is 2. The summed E-state index contributed by atoms with van der Waals surface area (Å²) < 4.78 is 38.2. The average molecular weight is 308 g/mol. The van der Waals surface area contributed by atoms with Gasteiger partial charge in [0.25, 0.3) is 5.91 Å². The largest absolute Gasteiger partial charge is 0.481 e. The van der Waals surface area contributed by atoms with Crippen molar-refractivity contribution in [1.82, 2.24) is 9.88 Å². The summed E-state index contributed by atoms with van der Waals surface area (Å²) in [5.41, 5.74) is 0.322. The number of alkyl halides is 3. The van der Waals surface area contributed by atoms with E-state index in [1.54, 1.807) is 0 Å². The van der Waals surface area contributed by atoms with Crippen LogP contribution in [0.5, 0.6) is 0 Å². The Morgan fingerprint density at radius 1 is 1.45 bits per heavy atom. The Hall–Kier alpha value is -1.64. The molecule has 1 aromatic heterocycles. The minimum atomic E-state index is -4.63. The average Bonchev–Trinajstić information content (AvgIpc) is 2.87. The Balaban J connectivity index is 2.20. The van der Waals surface area contributed by atoms with E-state index in [-0.39, 0.29) is 13.1 Å². The van der Waals surface area contributed by atoms with E-state index in [0.717, 1.165) is 10.4 Å². The molecule has 0 aliphatic carbocycles. The molecule has 1 aliphatic rings. The summed E-state index contributed by atoms with van der Waals surface area (Å²) >= 11 is 0.356. The smallest absolute Gasteiger partial charge is 0.427 e. The number of carboxylic acids is 1. The third kappa shape index (κ3) is 2.92. The molecule has 1 amide bonds. The fraction of sp³-hybridized carbons (Fsp3) is 0.545. The number of hydrogen-bond donors (Lipinski definition) is 1. The highest BCUT2D eigenvalue weighted by Crippen LogP contribution is 2.35. The van der Waals surface area contributed by atoms with Crippen LogP contribution in [0.2, 0.25) is 0 Å². The Kier molecular flexibility index (Phi) is 3.98. The lowest BCUT2D eigenvalue weighted by atomic mass is 9.98. The molecule has 1 aliphatic heterocycles. The first-order valence-corrected chi connectivity index (χ1v) is 6.71. The van der Waals surface area contributed by atoms with Crippen LogP contribution in [0, 0.1) is 5.92 Å². The van der Waals surface area contributed by atoms with E-state index in [2.05, 4.69) is 4.98 Å². The van der Waals surface area contributed by atoms with Crippen LogP contribution >= 0.6 is 11.3 Å². The fourth-order valence-corrected chi connectivity index (χ4v) is 2.76. The van der Waals surface area contributed by atoms with E-state index < -0.39 is 34.5 Å². The van der Waals surface area contributed by atoms with Gasteiger partial charge in [-0.05, 0) is 12.8 Å². The zero-order chi connectivity index (χ0) is 14.9. The number of aliphatic carboxylic acids is 1. The quantitative estimate of drug-likeness (QED) is 0.908. The van der Waals surface area contributed by atoms with Crippen LogP contribution in [-0.4, -0.2) is 40.0 Å². The van der Waals surface area contributed by atoms with Gasteiger partial charge in [-0.2, -0.15) is 13.2 Å². The van der Waals surface area contributed by atoms with E-state index >= 15 is 0 Å². The van der Waals surface area contributed by atoms with Gasteiger partial charge in [-0.1, -0.05) is 0 Å². The first-order valence-electron chi connectivity index (χ1n) is 5.83. The van der Waals surface area contributed by atoms with Gasteiger partial charge in [0.05, 0.1) is 11.4 Å². The molecule has 0 saturated carbocycles. The van der Waals surface area contributed by atoms with Crippen LogP contribution in [-0.2, 0) is 11.0 Å². The van der Waals surface area contributed by atoms with Gasteiger partial charge in [0.15, 0.2) is 5.69 Å². The number of halogens is 3. The molecule has 1 fully saturated rings. The van der Waals surface area contributed by atoms with Crippen molar-refractivity contribution in [1.29, 1.82) is 0 Å². The molecule has 1 atom stereocenters. The number of carboxylic acid groups (broad SMARTS) is 1. The van der Waals surface area contributed by atoms with Crippen LogP contribution in [0.3, 0.4) is 0 Å². The Morgan fingerprint density at radius 3 is 2.75 bits per heavy atom. The molecule has 110 valence electrons. The number of carbonyl (C=O) groups excluding carboxylic acids is 1. The maximum atomic E-state index is 12.7. The van der Waals surface area contributed by atoms with Gasteiger partial charge in [-0.25, -0.2) is 4.98 Å². The van der Waals surface area contributed by atoms with E-state index in [1.165, 1.54) is 0 Å². The number of hydrogen-bond acceptors (Lipinski definition) is 4. The highest BCUT2D eigenvalue weighted by molar-refractivity contribution is 7.10. The second kappa shape index (κ2) is 5.39. The van der Waals surface area contributed by atoms with Gasteiger partial charge in [0.2, 0.25) is 0 Å². The molecular formula is C11H11F3N2O3S. The Morgan fingerprint density at radius 2 is 2.15 bits per heavy atom. The van der Waals surface area contributed by atoms with Gasteiger partial charge in [0, 0.05) is 13.1 Å². The van der Waals surface area contributed by atoms with E-state index in [4.69, 9.17) is 5.11 Å². The number of amides is 1. The predicted molar refractivity (Wildman–Crippen MR) is 63.4 cm³/mol. The monoisotopic (exact) mass is 308 g/mol. The van der Waals surface area contributed by atoms with Crippen molar-refractivity contribution in [2.75, 3.05) is 13.1 Å². The maximum Gasteiger partial charge on any atom is 0.427 e. The molecule has 2 rings (SSSR count). The van der Waals surface area contributed by atoms with Crippen LogP contribution in [0.15, 0.2) is 5.51 Å². The van der Waals surface area contributed by atoms with Crippen molar-refractivity contribution < 1.29 is 27.9 Å². The van der Waals surface area contributed by atoms with Gasteiger partial charge in [0.1, 0.15) is 4.88 Å². The van der Waals surface area contributed by atoms with Crippen LogP contribution < -0.4 is 0 Å². The summed E-state index contributed by atoms with van der Waals surface area (Å²) in [6.07, 6.45) is -3.76. The molecule has 0 unspecified atom stereocenters. The number of rotatable bonds is 2. The lowest BCUT2D eigenvalue weighted by molar-refractivity contribution is -0.143. The van der Waals surface area contributed by atoms with Gasteiger partial charge < -0.3 is 10.0 Å². The zero-order valence-electron chi connectivity index (χ0n) is 10.2. The summed E-state index contributed by atoms with van der Waals surface area (Å²) in [5.74, 6) is -2.64. The molecular weight excluding hydrogens is 297 g/mol. The number of thiazole rings is 1. The zero-order valence-corrected chi connectivity index (χ0v) is 11.0. The molecule has 1 aromatic rings. The van der Waals surface area contributed by atoms with Crippen LogP contribution in [0.1, 0.15) is 28.2 Å². The first kappa shape index (κ1) is 14.8. The first-order chi connectivity index (χ1) is 9.30. The molecule has 0 spiro atoms. The molecule has 2 heterocycles. The van der Waals surface area contributed by atoms with Crippen molar-refractivity contribution in [3.05, 3.63) is 16.1 Å². The molecule has 0 aromatic carbocycles. The lowest BCUT2D eigenvalue weighted by Crippen LogP contribution is -2.42. The lowest BCUT2D eigenvalue weighted by Gasteiger charge is -2.30. The molecule has 0 radical (unpaired) electrons. The summed E-state index contributed by atoms with van der Waals surface area (Å²) in [6, 6.07) is 0. The van der Waals surface area contributed by atoms with E-state index in [1.807, 2.05) is 0 Å². The molecule has 0 bridgehead atoms. The van der Waals surface area contributed by atoms with Crippen molar-refractivity contribution >= 4 is 23.2 Å². The molecule has 5 nitrogen and oxygen atoms in total. The second-order valence-electron chi connectivity index (χ2n) is 4.46. The van der Waals surface area contributed by atoms with Crippen molar-refractivity contribution in [2.24, 2.45) is 5.92 Å². The summed E-state index contributed by atoms with van der Waals surface area (Å²) in [4.78, 5) is 26.6. The second-order valence-corrected chi connectivity index (χ2v) is 5.31. The Bertz CT molecular complexity index is 529. The predicted octanol–water partition coefficient (Wildman–Crippen LogP) is 2.10. The molecule has 9 heteroatoms. The highest BCUT2D eigenvalue weighted by Gasteiger charge is 2.40. The summed E-state index contributed by atoms with van der Waals surface area (Å²) in [5, 5.41) is 8.92. The molecule has 1 N–H and O–H groups in total. The maximum absolute atomic E-state index is 12.7. The van der Waals surface area contributed by atoms with Gasteiger partial charge in [-0.15, -0.1) is 11.3 Å². The number of aromatic nitrogens is 1. The summed E-state index contributed by atoms with van der Waals surface area (Å²) in [7, 11) is 0. The molecule has 20 heavy (non-hydrogen) atoms. The SMILES string of the molecule is O=C(O)[C@H]1CCCN(C(=O)c2ncsc2C(F)(F)F)C1. The number of carbonyl (C=O) groups is 2. The minimum Gasteiger partial charge on any atom is -0.481 e. The van der Waals surface area contributed by atoms with Crippen molar-refractivity contribution in [2.45, 2.75) is 19.0 Å². The molecule has 1 saturated heterocycles. The van der Waals surface area contributed by atoms with E-state index in [9.17, 15) is 22.8 Å². The third-order valence-electron chi connectivity index (χ3n) is 3.09. The topological polar surface area (TPSA) is 70.5 Å². The Labute approximate surface area is 116 Å². The van der Waals surface area contributed by atoms with E-state index in [0.29, 0.717) is 24.2 Å². The number of likely N-dealkylation sites (tertiary alicyclic amines) is 1. The van der Waals surface area contributed by atoms with Crippen LogP contribution in [0.4, 0.5) is 13.2 Å². The standard InChI is InChI=1S/C11H11F3N2O3S/c12-11(13,14)8-7(15-5-20-8)9(17)16-3-1-2-6(4-16)10(18)19/h5-6H,1-4H2,(H,18,19)/t6-/m0/s1.